The first-order valence-electron chi connectivity index (χ1n) is 10.4. The fourth-order valence-electron chi connectivity index (χ4n) is 3.33. The Morgan fingerprint density at radius 3 is 2.60 bits per heavy atom. The van der Waals surface area contributed by atoms with Gasteiger partial charge in [0, 0.05) is 17.9 Å². The number of hydrogen-bond acceptors (Lipinski definition) is 3. The van der Waals surface area contributed by atoms with Crippen LogP contribution in [0.1, 0.15) is 39.7 Å². The second kappa shape index (κ2) is 8.78. The molecule has 0 saturated heterocycles. The number of hydrogen-bond donors (Lipinski definition) is 2. The number of ether oxygens (including phenoxy) is 1. The highest BCUT2D eigenvalue weighted by atomic mass is 16.5. The smallest absolute Gasteiger partial charge is 0.323 e. The lowest BCUT2D eigenvalue weighted by molar-refractivity contribution is -0.127. The lowest BCUT2D eigenvalue weighted by atomic mass is 9.92. The lowest BCUT2D eigenvalue weighted by Gasteiger charge is -2.28. The number of nitrogens with zero attached hydrogens (tertiary/aromatic N) is 1. The van der Waals surface area contributed by atoms with Gasteiger partial charge in [-0.2, -0.15) is 0 Å². The zero-order valence-corrected chi connectivity index (χ0v) is 18.4. The summed E-state index contributed by atoms with van der Waals surface area (Å²) >= 11 is 0. The van der Waals surface area contributed by atoms with Crippen LogP contribution in [0.5, 0.6) is 5.75 Å². The van der Waals surface area contributed by atoms with Crippen LogP contribution in [0.25, 0.3) is 0 Å². The highest BCUT2D eigenvalue weighted by molar-refractivity contribution is 6.02. The molecular weight excluding hydrogens is 378 g/mol. The minimum atomic E-state index is -0.619. The van der Waals surface area contributed by atoms with Crippen LogP contribution in [-0.2, 0) is 4.79 Å². The minimum Gasteiger partial charge on any atom is -0.490 e. The van der Waals surface area contributed by atoms with E-state index in [2.05, 4.69) is 24.5 Å². The molecule has 1 aliphatic rings. The average molecular weight is 410 g/mol. The molecule has 0 bridgehead atoms. The van der Waals surface area contributed by atoms with Crippen LogP contribution in [-0.4, -0.2) is 25.1 Å². The van der Waals surface area contributed by atoms with Gasteiger partial charge in [0.15, 0.2) is 0 Å². The van der Waals surface area contributed by atoms with Gasteiger partial charge in [0.2, 0.25) is 5.91 Å². The first-order valence-corrected chi connectivity index (χ1v) is 10.4. The molecule has 3 amide bonds. The van der Waals surface area contributed by atoms with Crippen LogP contribution in [0.15, 0.2) is 42.5 Å². The Labute approximate surface area is 178 Å². The van der Waals surface area contributed by atoms with Gasteiger partial charge in [-0.15, -0.1) is 0 Å². The number of fused-ring (bicyclic) bond motifs is 1. The van der Waals surface area contributed by atoms with Gasteiger partial charge >= 0.3 is 6.03 Å². The Hall–Kier alpha value is -3.02. The second-order valence-corrected chi connectivity index (χ2v) is 8.89. The highest BCUT2D eigenvalue weighted by Gasteiger charge is 2.37. The lowest BCUT2D eigenvalue weighted by Crippen LogP contribution is -2.42. The molecule has 3 rings (SSSR count). The minimum absolute atomic E-state index is 0.0309. The van der Waals surface area contributed by atoms with E-state index in [0.29, 0.717) is 36.2 Å². The SMILES string of the molecule is Cc1ccccc1NC(=O)Nc1ccc2c(c1)N(CCC(C)C)C(=O)C(C)(C)CO2. The molecular formula is C24H31N3O3. The van der Waals surface area contributed by atoms with Gasteiger partial charge in [0.1, 0.15) is 12.4 Å². The summed E-state index contributed by atoms with van der Waals surface area (Å²) in [5.74, 6) is 1.15. The highest BCUT2D eigenvalue weighted by Crippen LogP contribution is 2.38. The predicted molar refractivity (Wildman–Crippen MR) is 121 cm³/mol. The first-order chi connectivity index (χ1) is 14.2. The Morgan fingerprint density at radius 2 is 1.90 bits per heavy atom. The van der Waals surface area contributed by atoms with E-state index in [1.807, 2.05) is 57.2 Å². The summed E-state index contributed by atoms with van der Waals surface area (Å²) in [6, 6.07) is 12.7. The van der Waals surface area contributed by atoms with Crippen LogP contribution in [0, 0.1) is 18.3 Å². The monoisotopic (exact) mass is 409 g/mol. The molecule has 0 aromatic heterocycles. The number of carbonyl (C=O) groups excluding carboxylic acids is 2. The number of benzene rings is 2. The first kappa shape index (κ1) is 21.7. The third-order valence-corrected chi connectivity index (χ3v) is 5.24. The van der Waals surface area contributed by atoms with Crippen molar-refractivity contribution in [3.8, 4) is 5.75 Å². The quantitative estimate of drug-likeness (QED) is 0.691. The molecule has 1 heterocycles. The van der Waals surface area contributed by atoms with E-state index >= 15 is 0 Å². The fraction of sp³-hybridized carbons (Fsp3) is 0.417. The van der Waals surface area contributed by atoms with Gasteiger partial charge in [0.05, 0.1) is 11.1 Å². The molecule has 0 unspecified atom stereocenters. The Morgan fingerprint density at radius 1 is 1.17 bits per heavy atom. The fourth-order valence-corrected chi connectivity index (χ4v) is 3.33. The zero-order valence-electron chi connectivity index (χ0n) is 18.4. The summed E-state index contributed by atoms with van der Waals surface area (Å²) in [5.41, 5.74) is 2.41. The van der Waals surface area contributed by atoms with Crippen LogP contribution < -0.4 is 20.3 Å². The molecule has 6 heteroatoms. The third-order valence-electron chi connectivity index (χ3n) is 5.24. The number of amides is 3. The van der Waals surface area contributed by atoms with Gasteiger partial charge < -0.3 is 20.3 Å². The summed E-state index contributed by atoms with van der Waals surface area (Å²) in [4.78, 5) is 27.5. The van der Waals surface area contributed by atoms with Crippen molar-refractivity contribution in [1.82, 2.24) is 0 Å². The summed E-state index contributed by atoms with van der Waals surface area (Å²) in [6.45, 7) is 10.9. The van der Waals surface area contributed by atoms with Crippen LogP contribution in [0.4, 0.5) is 21.9 Å². The summed E-state index contributed by atoms with van der Waals surface area (Å²) in [6.07, 6.45) is 0.882. The Kier molecular flexibility index (Phi) is 6.34. The average Bonchev–Trinajstić information content (AvgIpc) is 2.77. The normalized spacial score (nSPS) is 15.3. The molecule has 2 aromatic carbocycles. The van der Waals surface area contributed by atoms with Gasteiger partial charge in [-0.1, -0.05) is 32.0 Å². The molecule has 160 valence electrons. The van der Waals surface area contributed by atoms with E-state index in [9.17, 15) is 9.59 Å². The number of nitrogens with one attached hydrogen (secondary N) is 2. The number of anilines is 3. The number of para-hydroxylation sites is 1. The van der Waals surface area contributed by atoms with Crippen LogP contribution in [0.2, 0.25) is 0 Å². The maximum absolute atomic E-state index is 13.2. The van der Waals surface area contributed by atoms with E-state index in [4.69, 9.17) is 4.74 Å². The van der Waals surface area contributed by atoms with Crippen molar-refractivity contribution in [3.63, 3.8) is 0 Å². The van der Waals surface area contributed by atoms with E-state index in [1.54, 1.807) is 11.0 Å². The number of urea groups is 1. The van der Waals surface area contributed by atoms with Crippen molar-refractivity contribution < 1.29 is 14.3 Å². The van der Waals surface area contributed by atoms with Crippen molar-refractivity contribution in [2.45, 2.75) is 41.0 Å². The summed E-state index contributed by atoms with van der Waals surface area (Å²) in [5, 5.41) is 5.73. The van der Waals surface area contributed by atoms with Crippen LogP contribution >= 0.6 is 0 Å². The third kappa shape index (κ3) is 4.93. The summed E-state index contributed by atoms with van der Waals surface area (Å²) < 4.78 is 5.95. The zero-order chi connectivity index (χ0) is 21.9. The Balaban J connectivity index is 1.84. The standard InChI is InChI=1S/C24H31N3O3/c1-16(2)12-13-27-20-14-18(10-11-21(20)30-15-24(4,5)22(27)28)25-23(29)26-19-9-7-6-8-17(19)3/h6-11,14,16H,12-13,15H2,1-5H3,(H2,25,26,29). The largest absolute Gasteiger partial charge is 0.490 e. The van der Waals surface area contributed by atoms with Crippen LogP contribution in [0.3, 0.4) is 0 Å². The molecule has 6 nitrogen and oxygen atoms in total. The number of carbonyl (C=O) groups is 2. The second-order valence-electron chi connectivity index (χ2n) is 8.89. The van der Waals surface area contributed by atoms with Gasteiger partial charge in [-0.25, -0.2) is 4.79 Å². The summed E-state index contributed by atoms with van der Waals surface area (Å²) in [7, 11) is 0. The van der Waals surface area contributed by atoms with Crippen molar-refractivity contribution >= 4 is 29.0 Å². The molecule has 2 aromatic rings. The van der Waals surface area contributed by atoms with E-state index in [1.165, 1.54) is 0 Å². The molecule has 30 heavy (non-hydrogen) atoms. The predicted octanol–water partition coefficient (Wildman–Crippen LogP) is 5.44. The van der Waals surface area contributed by atoms with Gasteiger partial charge in [-0.3, -0.25) is 4.79 Å². The maximum atomic E-state index is 13.2. The van der Waals surface area contributed by atoms with Crippen molar-refractivity contribution in [1.29, 1.82) is 0 Å². The maximum Gasteiger partial charge on any atom is 0.323 e. The Bertz CT molecular complexity index is 937. The van der Waals surface area contributed by atoms with E-state index < -0.39 is 5.41 Å². The molecule has 0 fully saturated rings. The molecule has 1 aliphatic heterocycles. The topological polar surface area (TPSA) is 70.7 Å². The molecule has 0 radical (unpaired) electrons. The van der Waals surface area contributed by atoms with Crippen molar-refractivity contribution in [2.24, 2.45) is 11.3 Å². The molecule has 0 aliphatic carbocycles. The molecule has 0 atom stereocenters. The van der Waals surface area contributed by atoms with Gasteiger partial charge in [-0.05, 0) is 62.9 Å². The molecule has 0 spiro atoms. The van der Waals surface area contributed by atoms with Crippen molar-refractivity contribution in [3.05, 3.63) is 48.0 Å². The molecule has 0 saturated carbocycles. The van der Waals surface area contributed by atoms with E-state index in [0.717, 1.165) is 17.7 Å². The van der Waals surface area contributed by atoms with Gasteiger partial charge in [0.25, 0.3) is 0 Å². The number of aryl methyl sites for hydroxylation is 1. The molecule has 2 N–H and O–H groups in total. The van der Waals surface area contributed by atoms with E-state index in [-0.39, 0.29) is 11.9 Å². The van der Waals surface area contributed by atoms with Crippen molar-refractivity contribution in [2.75, 3.05) is 28.7 Å². The number of rotatable bonds is 5.